The predicted octanol–water partition coefficient (Wildman–Crippen LogP) is 1.86. The first-order chi connectivity index (χ1) is 9.08. The van der Waals surface area contributed by atoms with Gasteiger partial charge in [-0.1, -0.05) is 6.42 Å². The molecule has 1 atom stereocenters. The third kappa shape index (κ3) is 3.38. The number of rotatable bonds is 4. The number of benzene rings is 1. The lowest BCUT2D eigenvalue weighted by molar-refractivity contribution is 0.0697. The molecule has 1 fully saturated rings. The molecule has 19 heavy (non-hydrogen) atoms. The van der Waals surface area contributed by atoms with Gasteiger partial charge in [0.25, 0.3) is 0 Å². The van der Waals surface area contributed by atoms with E-state index in [1.165, 1.54) is 25.3 Å². The number of likely N-dealkylation sites (tertiary alicyclic amines) is 1. The zero-order chi connectivity index (χ0) is 13.8. The number of hydrogen-bond donors (Lipinski definition) is 3. The average Bonchev–Trinajstić information content (AvgIpc) is 2.39. The van der Waals surface area contributed by atoms with Crippen molar-refractivity contribution < 1.29 is 9.90 Å². The molecule has 0 radical (unpaired) electrons. The van der Waals surface area contributed by atoms with Crippen LogP contribution in [0.15, 0.2) is 18.2 Å². The summed E-state index contributed by atoms with van der Waals surface area (Å²) in [6.07, 6.45) is 3.73. The standard InChI is InChI=1S/C14H21N3O2/c1-17-7-3-2-4-11(17)9-16-13-6-5-10(14(18)19)8-12(13)15/h5-6,8,11,16H,2-4,7,9,15H2,1H3,(H,18,19). The second kappa shape index (κ2) is 5.93. The molecule has 1 aromatic carbocycles. The number of nitrogens with one attached hydrogen (secondary N) is 1. The number of nitrogen functional groups attached to an aromatic ring is 1. The Bertz CT molecular complexity index is 462. The summed E-state index contributed by atoms with van der Waals surface area (Å²) in [5.41, 5.74) is 7.38. The number of nitrogens with two attached hydrogens (primary N) is 1. The van der Waals surface area contributed by atoms with E-state index in [-0.39, 0.29) is 5.56 Å². The second-order valence-electron chi connectivity index (χ2n) is 5.12. The number of aromatic carboxylic acids is 1. The van der Waals surface area contributed by atoms with Crippen molar-refractivity contribution in [2.24, 2.45) is 0 Å². The molecule has 5 heteroatoms. The summed E-state index contributed by atoms with van der Waals surface area (Å²) in [5.74, 6) is -0.953. The minimum atomic E-state index is -0.953. The van der Waals surface area contributed by atoms with E-state index in [4.69, 9.17) is 10.8 Å². The monoisotopic (exact) mass is 263 g/mol. The van der Waals surface area contributed by atoms with Gasteiger partial charge < -0.3 is 21.1 Å². The molecule has 4 N–H and O–H groups in total. The first-order valence-corrected chi connectivity index (χ1v) is 6.65. The molecule has 2 rings (SSSR count). The van der Waals surface area contributed by atoms with E-state index in [0.717, 1.165) is 18.8 Å². The largest absolute Gasteiger partial charge is 0.478 e. The number of likely N-dealkylation sites (N-methyl/N-ethyl adjacent to an activating group) is 1. The molecule has 0 aliphatic carbocycles. The molecule has 0 spiro atoms. The van der Waals surface area contributed by atoms with Gasteiger partial charge in [0.1, 0.15) is 0 Å². The van der Waals surface area contributed by atoms with Crippen LogP contribution in [0.3, 0.4) is 0 Å². The van der Waals surface area contributed by atoms with Crippen LogP contribution in [-0.4, -0.2) is 42.2 Å². The van der Waals surface area contributed by atoms with Crippen molar-refractivity contribution in [3.8, 4) is 0 Å². The maximum atomic E-state index is 10.8. The molecule has 1 unspecified atom stereocenters. The molecule has 1 saturated heterocycles. The van der Waals surface area contributed by atoms with E-state index in [1.807, 2.05) is 0 Å². The Morgan fingerprint density at radius 1 is 1.53 bits per heavy atom. The smallest absolute Gasteiger partial charge is 0.335 e. The Labute approximate surface area is 113 Å². The predicted molar refractivity (Wildman–Crippen MR) is 76.6 cm³/mol. The quantitative estimate of drug-likeness (QED) is 0.723. The molecule has 0 aromatic heterocycles. The first kappa shape index (κ1) is 13.7. The molecule has 5 nitrogen and oxygen atoms in total. The van der Waals surface area contributed by atoms with Gasteiger partial charge in [-0.2, -0.15) is 0 Å². The SMILES string of the molecule is CN1CCCCC1CNc1ccc(C(=O)O)cc1N. The summed E-state index contributed by atoms with van der Waals surface area (Å²) in [5, 5.41) is 12.2. The van der Waals surface area contributed by atoms with Crippen LogP contribution in [0, 0.1) is 0 Å². The summed E-state index contributed by atoms with van der Waals surface area (Å²) in [7, 11) is 2.14. The van der Waals surface area contributed by atoms with Crippen molar-refractivity contribution in [1.29, 1.82) is 0 Å². The summed E-state index contributed by atoms with van der Waals surface area (Å²) >= 11 is 0. The van der Waals surface area contributed by atoms with Gasteiger partial charge in [-0.05, 0) is 44.6 Å². The Morgan fingerprint density at radius 2 is 2.32 bits per heavy atom. The molecule has 0 saturated carbocycles. The zero-order valence-electron chi connectivity index (χ0n) is 11.2. The Hall–Kier alpha value is -1.75. The molecule has 0 bridgehead atoms. The number of carboxylic acids is 1. The summed E-state index contributed by atoms with van der Waals surface area (Å²) in [4.78, 5) is 13.2. The van der Waals surface area contributed by atoms with Crippen LogP contribution in [0.5, 0.6) is 0 Å². The number of carbonyl (C=O) groups is 1. The van der Waals surface area contributed by atoms with Gasteiger partial charge in [0, 0.05) is 12.6 Å². The maximum absolute atomic E-state index is 10.8. The van der Waals surface area contributed by atoms with E-state index < -0.39 is 5.97 Å². The third-order valence-corrected chi connectivity index (χ3v) is 3.75. The maximum Gasteiger partial charge on any atom is 0.335 e. The van der Waals surface area contributed by atoms with Crippen molar-refractivity contribution in [2.45, 2.75) is 25.3 Å². The van der Waals surface area contributed by atoms with Crippen LogP contribution < -0.4 is 11.1 Å². The zero-order valence-corrected chi connectivity index (χ0v) is 11.2. The topological polar surface area (TPSA) is 78.6 Å². The van der Waals surface area contributed by atoms with Gasteiger partial charge in [-0.3, -0.25) is 0 Å². The van der Waals surface area contributed by atoms with E-state index in [2.05, 4.69) is 17.3 Å². The van der Waals surface area contributed by atoms with E-state index in [1.54, 1.807) is 12.1 Å². The van der Waals surface area contributed by atoms with Crippen molar-refractivity contribution >= 4 is 17.3 Å². The fourth-order valence-corrected chi connectivity index (χ4v) is 2.49. The molecule has 0 amide bonds. The minimum Gasteiger partial charge on any atom is -0.478 e. The number of nitrogens with zero attached hydrogens (tertiary/aromatic N) is 1. The average molecular weight is 263 g/mol. The highest BCUT2D eigenvalue weighted by atomic mass is 16.4. The Kier molecular flexibility index (Phi) is 4.27. The molecule has 104 valence electrons. The fourth-order valence-electron chi connectivity index (χ4n) is 2.49. The Balaban J connectivity index is 1.97. The van der Waals surface area contributed by atoms with Crippen LogP contribution in [0.25, 0.3) is 0 Å². The summed E-state index contributed by atoms with van der Waals surface area (Å²) in [6, 6.07) is 5.33. The lowest BCUT2D eigenvalue weighted by Crippen LogP contribution is -2.40. The number of piperidine rings is 1. The van der Waals surface area contributed by atoms with Gasteiger partial charge in [0.2, 0.25) is 0 Å². The Morgan fingerprint density at radius 3 is 2.95 bits per heavy atom. The van der Waals surface area contributed by atoms with Crippen LogP contribution in [0.1, 0.15) is 29.6 Å². The lowest BCUT2D eigenvalue weighted by Gasteiger charge is -2.32. The van der Waals surface area contributed by atoms with Crippen LogP contribution >= 0.6 is 0 Å². The van der Waals surface area contributed by atoms with Gasteiger partial charge in [-0.25, -0.2) is 4.79 Å². The molecular formula is C14H21N3O2. The van der Waals surface area contributed by atoms with E-state index in [0.29, 0.717) is 11.7 Å². The van der Waals surface area contributed by atoms with E-state index >= 15 is 0 Å². The van der Waals surface area contributed by atoms with Crippen LogP contribution in [0.4, 0.5) is 11.4 Å². The van der Waals surface area contributed by atoms with Gasteiger partial charge >= 0.3 is 5.97 Å². The first-order valence-electron chi connectivity index (χ1n) is 6.65. The van der Waals surface area contributed by atoms with E-state index in [9.17, 15) is 4.79 Å². The molecule has 1 aliphatic heterocycles. The normalized spacial score (nSPS) is 20.2. The third-order valence-electron chi connectivity index (χ3n) is 3.75. The van der Waals surface area contributed by atoms with Crippen molar-refractivity contribution in [1.82, 2.24) is 4.90 Å². The van der Waals surface area contributed by atoms with Crippen LogP contribution in [0.2, 0.25) is 0 Å². The highest BCUT2D eigenvalue weighted by Crippen LogP contribution is 2.21. The molecular weight excluding hydrogens is 242 g/mol. The fraction of sp³-hybridized carbons (Fsp3) is 0.500. The number of carboxylic acid groups (broad SMARTS) is 1. The van der Waals surface area contributed by atoms with Crippen molar-refractivity contribution in [2.75, 3.05) is 31.2 Å². The second-order valence-corrected chi connectivity index (χ2v) is 5.12. The highest BCUT2D eigenvalue weighted by Gasteiger charge is 2.18. The highest BCUT2D eigenvalue weighted by molar-refractivity contribution is 5.90. The van der Waals surface area contributed by atoms with Gasteiger partial charge in [0.05, 0.1) is 16.9 Å². The molecule has 1 aromatic rings. The van der Waals surface area contributed by atoms with Crippen LogP contribution in [-0.2, 0) is 0 Å². The van der Waals surface area contributed by atoms with Crippen molar-refractivity contribution in [3.05, 3.63) is 23.8 Å². The summed E-state index contributed by atoms with van der Waals surface area (Å²) in [6.45, 7) is 1.98. The lowest BCUT2D eigenvalue weighted by atomic mass is 10.0. The van der Waals surface area contributed by atoms with Gasteiger partial charge in [-0.15, -0.1) is 0 Å². The minimum absolute atomic E-state index is 0.220. The number of anilines is 2. The summed E-state index contributed by atoms with van der Waals surface area (Å²) < 4.78 is 0. The molecule has 1 heterocycles. The van der Waals surface area contributed by atoms with Gasteiger partial charge in [0.15, 0.2) is 0 Å². The number of hydrogen-bond acceptors (Lipinski definition) is 4. The van der Waals surface area contributed by atoms with Crippen molar-refractivity contribution in [3.63, 3.8) is 0 Å². The molecule has 1 aliphatic rings.